The molecule has 1 N–H and O–H groups in total. The summed E-state index contributed by atoms with van der Waals surface area (Å²) >= 11 is 0. The van der Waals surface area contributed by atoms with Crippen LogP contribution in [0.3, 0.4) is 0 Å². The number of piperidine rings is 1. The molecule has 1 aromatic carbocycles. The van der Waals surface area contributed by atoms with Gasteiger partial charge in [0.15, 0.2) is 5.69 Å². The summed E-state index contributed by atoms with van der Waals surface area (Å²) in [6.07, 6.45) is -0.699. The van der Waals surface area contributed by atoms with Crippen LogP contribution in [0.1, 0.15) is 28.9 Å². The number of carboxylic acids is 1. The number of hydrogen-bond donors (Lipinski definition) is 1. The molecule has 1 saturated heterocycles. The van der Waals surface area contributed by atoms with Crippen molar-refractivity contribution < 1.29 is 27.8 Å². The van der Waals surface area contributed by atoms with Crippen molar-refractivity contribution in [3.63, 3.8) is 0 Å². The summed E-state index contributed by atoms with van der Waals surface area (Å²) in [4.78, 5) is 20.4. The summed E-state index contributed by atoms with van der Waals surface area (Å²) in [5.74, 6) is -0.906. The molecule has 1 aliphatic heterocycles. The van der Waals surface area contributed by atoms with Gasteiger partial charge in [0.25, 0.3) is 0 Å². The smallest absolute Gasteiger partial charge is 0.416 e. The molecule has 0 bridgehead atoms. The molecule has 1 aliphatic rings. The van der Waals surface area contributed by atoms with E-state index in [2.05, 4.69) is 9.97 Å². The number of benzene rings is 1. The third-order valence-electron chi connectivity index (χ3n) is 4.14. The minimum atomic E-state index is -4.34. The normalized spacial score (nSPS) is 15.7. The first-order valence-corrected chi connectivity index (χ1v) is 7.97. The van der Waals surface area contributed by atoms with E-state index in [9.17, 15) is 18.0 Å². The quantitative estimate of drug-likeness (QED) is 0.894. The largest absolute Gasteiger partial charge is 0.476 e. The lowest BCUT2D eigenvalue weighted by Gasteiger charge is -2.33. The number of aromatic carboxylic acids is 1. The zero-order valence-electron chi connectivity index (χ0n) is 13.6. The molecule has 0 atom stereocenters. The van der Waals surface area contributed by atoms with E-state index < -0.39 is 17.7 Å². The van der Waals surface area contributed by atoms with Crippen molar-refractivity contribution in [3.05, 3.63) is 47.9 Å². The number of aromatic nitrogens is 2. The lowest BCUT2D eigenvalue weighted by Crippen LogP contribution is -2.38. The van der Waals surface area contributed by atoms with Gasteiger partial charge in [0.1, 0.15) is 6.10 Å². The van der Waals surface area contributed by atoms with Crippen LogP contribution in [-0.2, 0) is 6.18 Å². The van der Waals surface area contributed by atoms with E-state index in [4.69, 9.17) is 9.84 Å². The highest BCUT2D eigenvalue weighted by molar-refractivity contribution is 5.84. The van der Waals surface area contributed by atoms with E-state index in [1.807, 2.05) is 4.90 Å². The number of hydrogen-bond acceptors (Lipinski definition) is 5. The number of carbonyl (C=O) groups is 1. The number of carboxylic acid groups (broad SMARTS) is 1. The zero-order chi connectivity index (χ0) is 18.7. The van der Waals surface area contributed by atoms with E-state index in [0.717, 1.165) is 24.0 Å². The minimum absolute atomic E-state index is 0.106. The Balaban J connectivity index is 1.54. The van der Waals surface area contributed by atoms with Crippen molar-refractivity contribution in [2.24, 2.45) is 0 Å². The van der Waals surface area contributed by atoms with E-state index >= 15 is 0 Å². The predicted molar refractivity (Wildman–Crippen MR) is 86.3 cm³/mol. The molecule has 2 heterocycles. The maximum Gasteiger partial charge on any atom is 0.416 e. The first-order valence-electron chi connectivity index (χ1n) is 7.97. The molecule has 0 amide bonds. The van der Waals surface area contributed by atoms with Gasteiger partial charge in [-0.05, 0) is 24.3 Å². The van der Waals surface area contributed by atoms with Crippen LogP contribution >= 0.6 is 0 Å². The monoisotopic (exact) mass is 367 g/mol. The molecule has 1 fully saturated rings. The van der Waals surface area contributed by atoms with Crippen LogP contribution in [0.2, 0.25) is 0 Å². The van der Waals surface area contributed by atoms with Crippen LogP contribution in [0, 0.1) is 0 Å². The van der Waals surface area contributed by atoms with Crippen molar-refractivity contribution in [1.29, 1.82) is 0 Å². The Labute approximate surface area is 147 Å². The molecule has 0 saturated carbocycles. The molecular formula is C17H16F3N3O3. The van der Waals surface area contributed by atoms with Gasteiger partial charge < -0.3 is 14.7 Å². The van der Waals surface area contributed by atoms with Gasteiger partial charge in [-0.15, -0.1) is 0 Å². The highest BCUT2D eigenvalue weighted by Gasteiger charge is 2.30. The van der Waals surface area contributed by atoms with Crippen LogP contribution in [0.5, 0.6) is 5.88 Å². The first-order chi connectivity index (χ1) is 12.3. The summed E-state index contributed by atoms with van der Waals surface area (Å²) in [5.41, 5.74) is -0.0839. The van der Waals surface area contributed by atoms with E-state index in [1.165, 1.54) is 18.3 Å². The minimum Gasteiger partial charge on any atom is -0.476 e. The second-order valence-electron chi connectivity index (χ2n) is 5.89. The first kappa shape index (κ1) is 18.0. The Bertz CT molecular complexity index is 756. The standard InChI is InChI=1S/C17H16F3N3O3/c18-17(19,20)11-1-3-12(4-2-11)23-7-5-13(6-8-23)26-15-10-21-14(9-22-15)16(24)25/h1-4,9-10,13H,5-8H2,(H,24,25). The molecule has 26 heavy (non-hydrogen) atoms. The SMILES string of the molecule is O=C(O)c1cnc(OC2CCN(c3ccc(C(F)(F)F)cc3)CC2)cn1. The van der Waals surface area contributed by atoms with Crippen LogP contribution in [-0.4, -0.2) is 40.2 Å². The molecule has 9 heteroatoms. The van der Waals surface area contributed by atoms with Crippen molar-refractivity contribution in [1.82, 2.24) is 9.97 Å². The Morgan fingerprint density at radius 3 is 2.27 bits per heavy atom. The molecule has 1 aromatic heterocycles. The zero-order valence-corrected chi connectivity index (χ0v) is 13.6. The predicted octanol–water partition coefficient (Wildman–Crippen LogP) is 3.24. The number of nitrogens with zero attached hydrogens (tertiary/aromatic N) is 3. The summed E-state index contributed by atoms with van der Waals surface area (Å²) in [5, 5.41) is 8.78. The Morgan fingerprint density at radius 1 is 1.12 bits per heavy atom. The van der Waals surface area contributed by atoms with Gasteiger partial charge in [-0.25, -0.2) is 14.8 Å². The van der Waals surface area contributed by atoms with Crippen LogP contribution < -0.4 is 9.64 Å². The van der Waals surface area contributed by atoms with E-state index in [-0.39, 0.29) is 17.7 Å². The number of alkyl halides is 3. The highest BCUT2D eigenvalue weighted by atomic mass is 19.4. The summed E-state index contributed by atoms with van der Waals surface area (Å²) in [6, 6.07) is 5.11. The fraction of sp³-hybridized carbons (Fsp3) is 0.353. The fourth-order valence-corrected chi connectivity index (χ4v) is 2.75. The van der Waals surface area contributed by atoms with Gasteiger partial charge in [-0.1, -0.05) is 0 Å². The van der Waals surface area contributed by atoms with Crippen LogP contribution in [0.25, 0.3) is 0 Å². The molecule has 0 radical (unpaired) electrons. The topological polar surface area (TPSA) is 75.6 Å². The van der Waals surface area contributed by atoms with Gasteiger partial charge in [0.05, 0.1) is 18.0 Å². The summed E-state index contributed by atoms with van der Waals surface area (Å²) in [7, 11) is 0. The van der Waals surface area contributed by atoms with Crippen molar-refractivity contribution in [2.45, 2.75) is 25.1 Å². The lowest BCUT2D eigenvalue weighted by atomic mass is 10.1. The lowest BCUT2D eigenvalue weighted by molar-refractivity contribution is -0.137. The molecule has 3 rings (SSSR count). The third-order valence-corrected chi connectivity index (χ3v) is 4.14. The van der Waals surface area contributed by atoms with Crippen LogP contribution in [0.15, 0.2) is 36.7 Å². The fourth-order valence-electron chi connectivity index (χ4n) is 2.75. The Hall–Kier alpha value is -2.84. The third kappa shape index (κ3) is 4.22. The van der Waals surface area contributed by atoms with E-state index in [0.29, 0.717) is 25.9 Å². The Morgan fingerprint density at radius 2 is 1.77 bits per heavy atom. The molecular weight excluding hydrogens is 351 g/mol. The molecule has 0 aliphatic carbocycles. The Kier molecular flexibility index (Phi) is 4.97. The number of ether oxygens (including phenoxy) is 1. The van der Waals surface area contributed by atoms with Crippen molar-refractivity contribution in [2.75, 3.05) is 18.0 Å². The second kappa shape index (κ2) is 7.19. The summed E-state index contributed by atoms with van der Waals surface area (Å²) in [6.45, 7) is 1.27. The number of halogens is 3. The average molecular weight is 367 g/mol. The number of rotatable bonds is 4. The van der Waals surface area contributed by atoms with Gasteiger partial charge in [0, 0.05) is 31.6 Å². The van der Waals surface area contributed by atoms with Gasteiger partial charge in [-0.2, -0.15) is 13.2 Å². The maximum atomic E-state index is 12.6. The number of anilines is 1. The van der Waals surface area contributed by atoms with Crippen molar-refractivity contribution >= 4 is 11.7 Å². The average Bonchev–Trinajstić information content (AvgIpc) is 2.62. The highest BCUT2D eigenvalue weighted by Crippen LogP contribution is 2.31. The second-order valence-corrected chi connectivity index (χ2v) is 5.89. The van der Waals surface area contributed by atoms with Crippen LogP contribution in [0.4, 0.5) is 18.9 Å². The van der Waals surface area contributed by atoms with Gasteiger partial charge >= 0.3 is 12.1 Å². The van der Waals surface area contributed by atoms with Gasteiger partial charge in [-0.3, -0.25) is 0 Å². The van der Waals surface area contributed by atoms with Gasteiger partial charge in [0.2, 0.25) is 5.88 Å². The van der Waals surface area contributed by atoms with Crippen molar-refractivity contribution in [3.8, 4) is 5.88 Å². The maximum absolute atomic E-state index is 12.6. The van der Waals surface area contributed by atoms with E-state index in [1.54, 1.807) is 0 Å². The molecule has 0 spiro atoms. The molecule has 6 nitrogen and oxygen atoms in total. The molecule has 138 valence electrons. The summed E-state index contributed by atoms with van der Waals surface area (Å²) < 4.78 is 43.5. The molecule has 0 unspecified atom stereocenters. The molecule has 2 aromatic rings.